The van der Waals surface area contributed by atoms with Crippen molar-refractivity contribution in [1.29, 1.82) is 0 Å². The predicted octanol–water partition coefficient (Wildman–Crippen LogP) is -2.01. The zero-order chi connectivity index (χ0) is 10.2. The third-order valence-electron chi connectivity index (χ3n) is 1.48. The Hall–Kier alpha value is -0.730. The molecular weight excluding hydrogens is 214 g/mol. The van der Waals surface area contributed by atoms with Gasteiger partial charge in [-0.15, -0.1) is 0 Å². The standard InChI is InChI=1S/C5H9N3O3S2/c1-13(10,11)7-5(12)8-2-3(6)4(8)9/h3H,2,6H2,1H3,(H,7,12)/t3-/m0/s1. The number of hydrogen-bond acceptors (Lipinski definition) is 5. The Bertz CT molecular complexity index is 350. The second-order valence-electron chi connectivity index (χ2n) is 2.73. The summed E-state index contributed by atoms with van der Waals surface area (Å²) in [5, 5.41) is -0.116. The van der Waals surface area contributed by atoms with Gasteiger partial charge in [0.1, 0.15) is 6.04 Å². The van der Waals surface area contributed by atoms with E-state index in [1.54, 1.807) is 0 Å². The monoisotopic (exact) mass is 223 g/mol. The Morgan fingerprint density at radius 3 is 2.62 bits per heavy atom. The van der Waals surface area contributed by atoms with E-state index in [1.807, 2.05) is 4.72 Å². The van der Waals surface area contributed by atoms with Crippen molar-refractivity contribution in [2.24, 2.45) is 5.73 Å². The molecule has 74 valence electrons. The van der Waals surface area contributed by atoms with Gasteiger partial charge in [-0.2, -0.15) is 0 Å². The average molecular weight is 223 g/mol. The molecule has 1 fully saturated rings. The lowest BCUT2D eigenvalue weighted by Gasteiger charge is -2.35. The number of likely N-dealkylation sites (tertiary alicyclic amines) is 1. The molecule has 1 saturated heterocycles. The average Bonchev–Trinajstić information content (AvgIpc) is 1.95. The van der Waals surface area contributed by atoms with Gasteiger partial charge in [0.25, 0.3) is 0 Å². The summed E-state index contributed by atoms with van der Waals surface area (Å²) in [6.45, 7) is 0.264. The van der Waals surface area contributed by atoms with Gasteiger partial charge in [-0.05, 0) is 12.2 Å². The first-order valence-corrected chi connectivity index (χ1v) is 5.70. The van der Waals surface area contributed by atoms with Crippen molar-refractivity contribution < 1.29 is 13.2 Å². The Balaban J connectivity index is 2.57. The first-order chi connectivity index (χ1) is 5.81. The molecule has 0 unspecified atom stereocenters. The highest BCUT2D eigenvalue weighted by molar-refractivity contribution is 7.91. The van der Waals surface area contributed by atoms with Crippen LogP contribution < -0.4 is 10.5 Å². The van der Waals surface area contributed by atoms with Crippen molar-refractivity contribution in [2.45, 2.75) is 6.04 Å². The summed E-state index contributed by atoms with van der Waals surface area (Å²) in [6, 6.07) is -0.556. The largest absolute Gasteiger partial charge is 0.318 e. The van der Waals surface area contributed by atoms with Gasteiger partial charge in [0.15, 0.2) is 5.11 Å². The number of carbonyl (C=O) groups excluding carboxylic acids is 1. The van der Waals surface area contributed by atoms with E-state index in [1.165, 1.54) is 0 Å². The molecular formula is C5H9N3O3S2. The number of β-lactam (4-membered cyclic amide) rings is 1. The number of sulfonamides is 1. The fourth-order valence-corrected chi connectivity index (χ4v) is 1.90. The van der Waals surface area contributed by atoms with E-state index in [0.717, 1.165) is 11.2 Å². The number of rotatable bonds is 1. The Morgan fingerprint density at radius 2 is 2.31 bits per heavy atom. The first kappa shape index (κ1) is 10.4. The maximum atomic E-state index is 11.0. The molecule has 13 heavy (non-hydrogen) atoms. The van der Waals surface area contributed by atoms with Gasteiger partial charge in [-0.25, -0.2) is 8.42 Å². The molecule has 0 spiro atoms. The zero-order valence-electron chi connectivity index (χ0n) is 6.85. The molecule has 0 radical (unpaired) electrons. The topological polar surface area (TPSA) is 92.5 Å². The minimum absolute atomic E-state index is 0.116. The molecule has 1 atom stereocenters. The van der Waals surface area contributed by atoms with E-state index in [0.29, 0.717) is 0 Å². The summed E-state index contributed by atoms with van der Waals surface area (Å²) in [4.78, 5) is 12.1. The quantitative estimate of drug-likeness (QED) is 0.396. The lowest BCUT2D eigenvalue weighted by atomic mass is 10.1. The van der Waals surface area contributed by atoms with Crippen LogP contribution >= 0.6 is 12.2 Å². The Labute approximate surface area is 81.1 Å². The molecule has 1 aliphatic heterocycles. The lowest BCUT2D eigenvalue weighted by molar-refractivity contribution is -0.136. The second-order valence-corrected chi connectivity index (χ2v) is 4.87. The highest BCUT2D eigenvalue weighted by Crippen LogP contribution is 2.07. The zero-order valence-corrected chi connectivity index (χ0v) is 8.48. The summed E-state index contributed by atoms with van der Waals surface area (Å²) < 4.78 is 23.4. The number of nitrogens with zero attached hydrogens (tertiary/aromatic N) is 1. The van der Waals surface area contributed by atoms with Crippen molar-refractivity contribution in [3.8, 4) is 0 Å². The number of nitrogens with one attached hydrogen (secondary N) is 1. The molecule has 0 aromatic carbocycles. The van der Waals surface area contributed by atoms with Crippen LogP contribution in [0.3, 0.4) is 0 Å². The molecule has 0 bridgehead atoms. The third-order valence-corrected chi connectivity index (χ3v) is 2.50. The summed E-state index contributed by atoms with van der Waals surface area (Å²) in [5.74, 6) is -0.360. The van der Waals surface area contributed by atoms with Crippen molar-refractivity contribution in [3.05, 3.63) is 0 Å². The summed E-state index contributed by atoms with van der Waals surface area (Å²) >= 11 is 4.66. The summed E-state index contributed by atoms with van der Waals surface area (Å²) in [5.41, 5.74) is 5.29. The van der Waals surface area contributed by atoms with Crippen LogP contribution in [0, 0.1) is 0 Å². The van der Waals surface area contributed by atoms with Gasteiger partial charge in [0, 0.05) is 0 Å². The fourth-order valence-electron chi connectivity index (χ4n) is 0.849. The van der Waals surface area contributed by atoms with Crippen LogP contribution in [0.2, 0.25) is 0 Å². The van der Waals surface area contributed by atoms with Gasteiger partial charge < -0.3 is 5.73 Å². The van der Waals surface area contributed by atoms with Gasteiger partial charge in [0.2, 0.25) is 15.9 Å². The number of carbonyl (C=O) groups is 1. The van der Waals surface area contributed by atoms with Crippen LogP contribution in [0.4, 0.5) is 0 Å². The van der Waals surface area contributed by atoms with Crippen molar-refractivity contribution in [3.63, 3.8) is 0 Å². The molecule has 0 aromatic rings. The smallest absolute Gasteiger partial charge is 0.247 e. The predicted molar refractivity (Wildman–Crippen MR) is 50.3 cm³/mol. The minimum atomic E-state index is -3.41. The van der Waals surface area contributed by atoms with Crippen molar-refractivity contribution in [1.82, 2.24) is 9.62 Å². The maximum Gasteiger partial charge on any atom is 0.247 e. The third kappa shape index (κ3) is 2.36. The number of hydrogen-bond donors (Lipinski definition) is 2. The first-order valence-electron chi connectivity index (χ1n) is 3.40. The maximum absolute atomic E-state index is 11.0. The van der Waals surface area contributed by atoms with Crippen LogP contribution in [0.5, 0.6) is 0 Å². The molecule has 3 N–H and O–H groups in total. The second kappa shape index (κ2) is 3.20. The Kier molecular flexibility index (Phi) is 2.55. The molecule has 1 aliphatic rings. The van der Waals surface area contributed by atoms with Gasteiger partial charge in [-0.1, -0.05) is 0 Å². The van der Waals surface area contributed by atoms with E-state index in [4.69, 9.17) is 5.73 Å². The minimum Gasteiger partial charge on any atom is -0.318 e. The molecule has 8 heteroatoms. The molecule has 6 nitrogen and oxygen atoms in total. The highest BCUT2D eigenvalue weighted by Gasteiger charge is 2.36. The number of nitrogens with two attached hydrogens (primary N) is 1. The van der Waals surface area contributed by atoms with E-state index < -0.39 is 16.1 Å². The van der Waals surface area contributed by atoms with E-state index in [2.05, 4.69) is 12.2 Å². The normalized spacial score (nSPS) is 22.5. The lowest BCUT2D eigenvalue weighted by Crippen LogP contribution is -2.65. The fraction of sp³-hybridized carbons (Fsp3) is 0.600. The molecule has 1 heterocycles. The SMILES string of the molecule is CS(=O)(=O)NC(=S)N1C[C@H](N)C1=O. The molecule has 0 aromatic heterocycles. The van der Waals surface area contributed by atoms with Gasteiger partial charge in [-0.3, -0.25) is 14.4 Å². The van der Waals surface area contributed by atoms with Crippen LogP contribution in [0.1, 0.15) is 0 Å². The number of amides is 1. The molecule has 0 aliphatic carbocycles. The van der Waals surface area contributed by atoms with Crippen LogP contribution in [0.25, 0.3) is 0 Å². The van der Waals surface area contributed by atoms with E-state index in [9.17, 15) is 13.2 Å². The van der Waals surface area contributed by atoms with Gasteiger partial charge in [0.05, 0.1) is 12.8 Å². The molecule has 1 amide bonds. The highest BCUT2D eigenvalue weighted by atomic mass is 32.2. The number of thiocarbonyl (C=S) groups is 1. The summed E-state index contributed by atoms with van der Waals surface area (Å²) in [6.07, 6.45) is 0.962. The van der Waals surface area contributed by atoms with E-state index in [-0.39, 0.29) is 17.6 Å². The van der Waals surface area contributed by atoms with Crippen molar-refractivity contribution in [2.75, 3.05) is 12.8 Å². The van der Waals surface area contributed by atoms with Crippen LogP contribution in [-0.4, -0.2) is 43.2 Å². The van der Waals surface area contributed by atoms with Gasteiger partial charge >= 0.3 is 0 Å². The molecule has 0 saturated carbocycles. The van der Waals surface area contributed by atoms with Crippen LogP contribution in [-0.2, 0) is 14.8 Å². The molecule has 1 rings (SSSR count). The van der Waals surface area contributed by atoms with Crippen molar-refractivity contribution >= 4 is 33.3 Å². The van der Waals surface area contributed by atoms with Crippen LogP contribution in [0.15, 0.2) is 0 Å². The summed E-state index contributed by atoms with van der Waals surface area (Å²) in [7, 11) is -3.41. The Morgan fingerprint density at radius 1 is 1.77 bits per heavy atom. The van der Waals surface area contributed by atoms with E-state index >= 15 is 0 Å².